The van der Waals surface area contributed by atoms with Crippen molar-refractivity contribution in [3.8, 4) is 0 Å². The zero-order valence-corrected chi connectivity index (χ0v) is 35.9. The Hall–Kier alpha value is -3.49. The Labute approximate surface area is 346 Å². The predicted molar refractivity (Wildman–Crippen MR) is 209 cm³/mol. The van der Waals surface area contributed by atoms with Crippen molar-refractivity contribution in [3.05, 3.63) is 36.5 Å². The first-order valence-corrected chi connectivity index (χ1v) is 23.0. The van der Waals surface area contributed by atoms with Crippen LogP contribution in [0.15, 0.2) is 36.5 Å². The molecule has 0 saturated carbocycles. The molecule has 60 heavy (non-hydrogen) atoms. The van der Waals surface area contributed by atoms with E-state index in [0.717, 1.165) is 34.6 Å². The summed E-state index contributed by atoms with van der Waals surface area (Å²) >= 11 is 0.891. The van der Waals surface area contributed by atoms with Crippen LogP contribution in [0.25, 0.3) is 11.2 Å². The minimum absolute atomic E-state index is 0.0219. The van der Waals surface area contributed by atoms with E-state index in [9.17, 15) is 62.7 Å². The van der Waals surface area contributed by atoms with Crippen molar-refractivity contribution in [2.45, 2.75) is 64.8 Å². The second kappa shape index (κ2) is 22.0. The zero-order chi connectivity index (χ0) is 45.1. The highest BCUT2D eigenvalue weighted by atomic mass is 32.2. The van der Waals surface area contributed by atoms with Crippen molar-refractivity contribution in [2.24, 2.45) is 5.41 Å². The number of carbonyl (C=O) groups is 4. The van der Waals surface area contributed by atoms with Gasteiger partial charge < -0.3 is 56.2 Å². The number of allylic oxidation sites excluding steroid dienone is 3. The van der Waals surface area contributed by atoms with Crippen LogP contribution in [-0.2, 0) is 55.5 Å². The Morgan fingerprint density at radius 1 is 1.03 bits per heavy atom. The molecule has 26 nitrogen and oxygen atoms in total. The van der Waals surface area contributed by atoms with Crippen molar-refractivity contribution in [1.29, 1.82) is 0 Å². The maximum absolute atomic E-state index is 12.7. The van der Waals surface area contributed by atoms with Gasteiger partial charge in [0.15, 0.2) is 17.7 Å². The number of aromatic nitrogens is 4. The van der Waals surface area contributed by atoms with E-state index in [1.165, 1.54) is 19.9 Å². The number of imidazole rings is 1. The monoisotopic (exact) mass is 932 g/mol. The zero-order valence-electron chi connectivity index (χ0n) is 32.4. The van der Waals surface area contributed by atoms with Crippen molar-refractivity contribution in [1.82, 2.24) is 35.5 Å². The van der Waals surface area contributed by atoms with Crippen molar-refractivity contribution < 1.29 is 85.3 Å². The number of thioether (sulfide) groups is 1. The third-order valence-corrected chi connectivity index (χ3v) is 12.1. The van der Waals surface area contributed by atoms with E-state index in [-0.39, 0.29) is 53.9 Å². The SMILES string of the molecule is CC=C(C)C=CC(=O)NCC(=O)SCCNC(=O)CCNC(=O)C(O)C(C)(C)COP(=O)(O)OP(=O)(O)OCC1OC(n2cnc3c(N)ncnc32)C(O)C1OP(=O)(O)O. The number of phosphoric ester groups is 3. The fourth-order valence-corrected chi connectivity index (χ4v) is 8.30. The first-order valence-electron chi connectivity index (χ1n) is 17.5. The molecule has 0 aliphatic carbocycles. The van der Waals surface area contributed by atoms with E-state index in [0.29, 0.717) is 0 Å². The molecule has 3 rings (SSSR count). The highest BCUT2D eigenvalue weighted by molar-refractivity contribution is 8.13. The number of anilines is 1. The number of nitrogens with zero attached hydrogens (tertiary/aromatic N) is 4. The number of nitrogens with one attached hydrogen (secondary N) is 3. The molecule has 336 valence electrons. The molecular weight excluding hydrogens is 885 g/mol. The van der Waals surface area contributed by atoms with Crippen LogP contribution >= 0.6 is 35.2 Å². The third-order valence-electron chi connectivity index (χ3n) is 8.12. The Kier molecular flexibility index (Phi) is 18.7. The molecule has 3 heterocycles. The highest BCUT2D eigenvalue weighted by Crippen LogP contribution is 2.61. The number of nitrogens with two attached hydrogens (primary N) is 1. The number of nitrogen functional groups attached to an aromatic ring is 1. The quantitative estimate of drug-likeness (QED) is 0.0285. The molecule has 0 bridgehead atoms. The predicted octanol–water partition coefficient (Wildman–Crippen LogP) is -0.697. The molecule has 0 radical (unpaired) electrons. The van der Waals surface area contributed by atoms with Crippen LogP contribution < -0.4 is 21.7 Å². The molecule has 7 unspecified atom stereocenters. The lowest BCUT2D eigenvalue weighted by Gasteiger charge is -2.30. The summed E-state index contributed by atoms with van der Waals surface area (Å²) in [6.07, 6.45) is -2.36. The minimum atomic E-state index is -5.59. The Balaban J connectivity index is 1.43. The normalized spacial score (nSPS) is 21.3. The van der Waals surface area contributed by atoms with Crippen LogP contribution in [0.4, 0.5) is 5.82 Å². The van der Waals surface area contributed by atoms with Crippen molar-refractivity contribution in [2.75, 3.05) is 44.3 Å². The van der Waals surface area contributed by atoms with Crippen LogP contribution in [0, 0.1) is 5.41 Å². The molecule has 7 atom stereocenters. The van der Waals surface area contributed by atoms with Gasteiger partial charge in [-0.05, 0) is 13.8 Å². The largest absolute Gasteiger partial charge is 0.481 e. The summed E-state index contributed by atoms with van der Waals surface area (Å²) in [5, 5.41) is 28.4. The van der Waals surface area contributed by atoms with Crippen molar-refractivity contribution >= 4 is 75.0 Å². The topological polar surface area (TPSA) is 393 Å². The molecule has 3 amide bonds. The Morgan fingerprint density at radius 3 is 2.38 bits per heavy atom. The van der Waals surface area contributed by atoms with E-state index in [2.05, 4.69) is 39.7 Å². The molecule has 2 aromatic rings. The number of hydrogen-bond donors (Lipinski definition) is 10. The molecule has 1 saturated heterocycles. The number of ether oxygens (including phenoxy) is 1. The summed E-state index contributed by atoms with van der Waals surface area (Å²) < 4.78 is 62.1. The Bertz CT molecular complexity index is 2060. The third kappa shape index (κ3) is 16.1. The van der Waals surface area contributed by atoms with Gasteiger partial charge >= 0.3 is 23.5 Å². The molecule has 1 fully saturated rings. The van der Waals surface area contributed by atoms with Gasteiger partial charge in [0.1, 0.15) is 36.3 Å². The minimum Gasteiger partial charge on any atom is -0.386 e. The van der Waals surface area contributed by atoms with E-state index >= 15 is 0 Å². The molecule has 11 N–H and O–H groups in total. The maximum atomic E-state index is 12.7. The van der Waals surface area contributed by atoms with Gasteiger partial charge in [-0.15, -0.1) is 0 Å². The molecule has 1 aliphatic rings. The second-order valence-electron chi connectivity index (χ2n) is 13.4. The summed E-state index contributed by atoms with van der Waals surface area (Å²) in [6, 6.07) is 0. The molecule has 1 aliphatic heterocycles. The van der Waals surface area contributed by atoms with Crippen LogP contribution in [0.5, 0.6) is 0 Å². The standard InChI is InChI=1S/C30H47N8O18P3S/c1-5-17(2)6-7-19(39)34-12-21(41)60-11-10-32-20(40)8-9-33-28(44)25(43)30(3,4)14-53-59(50,51)56-58(48,49)52-13-18-24(55-57(45,46)47)23(42)29(54-18)38-16-37-22-26(31)35-15-36-27(22)38/h5-7,15-16,18,23-25,29,42-43H,8-14H2,1-4H3,(H,32,40)(H,33,44)(H,34,39)(H,48,49)(H,50,51)(H2,31,35,36)(H2,45,46,47). The number of rotatable bonds is 23. The average Bonchev–Trinajstić information content (AvgIpc) is 3.72. The van der Waals surface area contributed by atoms with Gasteiger partial charge in [0.05, 0.1) is 26.1 Å². The van der Waals surface area contributed by atoms with Crippen LogP contribution in [0.1, 0.15) is 40.3 Å². The van der Waals surface area contributed by atoms with E-state index < -0.39 is 90.5 Å². The number of aliphatic hydroxyl groups is 2. The molecule has 30 heteroatoms. The first kappa shape index (κ1) is 50.9. The van der Waals surface area contributed by atoms with Gasteiger partial charge in [0.2, 0.25) is 22.8 Å². The number of fused-ring (bicyclic) bond motifs is 1. The molecule has 0 spiro atoms. The van der Waals surface area contributed by atoms with Crippen molar-refractivity contribution in [3.63, 3.8) is 0 Å². The van der Waals surface area contributed by atoms with Gasteiger partial charge in [0.25, 0.3) is 0 Å². The van der Waals surface area contributed by atoms with Gasteiger partial charge in [-0.3, -0.25) is 37.3 Å². The van der Waals surface area contributed by atoms with E-state index in [1.54, 1.807) is 6.08 Å². The summed E-state index contributed by atoms with van der Waals surface area (Å²) in [7, 11) is -16.4. The molecular formula is C30H47N8O18P3S. The van der Waals surface area contributed by atoms with Gasteiger partial charge in [-0.25, -0.2) is 28.6 Å². The fourth-order valence-electron chi connectivity index (χ4n) is 4.87. The number of hydrogen-bond acceptors (Lipinski definition) is 19. The van der Waals surface area contributed by atoms with Crippen LogP contribution in [0.3, 0.4) is 0 Å². The summed E-state index contributed by atoms with van der Waals surface area (Å²) in [6.45, 7) is 3.68. The molecule has 2 aromatic heterocycles. The van der Waals surface area contributed by atoms with Crippen LogP contribution in [-0.4, -0.2) is 135 Å². The second-order valence-corrected chi connectivity index (χ2v) is 18.8. The molecule has 0 aromatic carbocycles. The smallest absolute Gasteiger partial charge is 0.386 e. The number of aliphatic hydroxyl groups excluding tert-OH is 2. The van der Waals surface area contributed by atoms with E-state index in [4.69, 9.17) is 19.5 Å². The van der Waals surface area contributed by atoms with Gasteiger partial charge in [-0.2, -0.15) is 4.31 Å². The lowest BCUT2D eigenvalue weighted by Crippen LogP contribution is -2.46. The highest BCUT2D eigenvalue weighted by Gasteiger charge is 2.50. The lowest BCUT2D eigenvalue weighted by atomic mass is 9.87. The number of carbonyl (C=O) groups excluding carboxylic acids is 4. The summed E-state index contributed by atoms with van der Waals surface area (Å²) in [5.41, 5.74) is 5.09. The maximum Gasteiger partial charge on any atom is 0.481 e. The number of phosphoric acid groups is 3. The van der Waals surface area contributed by atoms with Crippen LogP contribution in [0.2, 0.25) is 0 Å². The average molecular weight is 933 g/mol. The lowest BCUT2D eigenvalue weighted by molar-refractivity contribution is -0.137. The van der Waals surface area contributed by atoms with Gasteiger partial charge in [0, 0.05) is 36.8 Å². The summed E-state index contributed by atoms with van der Waals surface area (Å²) in [4.78, 5) is 99.4. The first-order chi connectivity index (χ1) is 27.8. The van der Waals surface area contributed by atoms with Gasteiger partial charge in [-0.1, -0.05) is 43.3 Å². The fraction of sp³-hybridized carbons (Fsp3) is 0.567. The van der Waals surface area contributed by atoms with E-state index in [1.807, 2.05) is 19.9 Å². The Morgan fingerprint density at radius 2 is 1.72 bits per heavy atom. The number of amides is 3. The summed E-state index contributed by atoms with van der Waals surface area (Å²) in [5.74, 6) is -1.79.